The van der Waals surface area contributed by atoms with Gasteiger partial charge in [0.15, 0.2) is 5.13 Å². The highest BCUT2D eigenvalue weighted by Crippen LogP contribution is 2.32. The predicted molar refractivity (Wildman–Crippen MR) is 129 cm³/mol. The van der Waals surface area contributed by atoms with Crippen LogP contribution in [0.1, 0.15) is 16.2 Å². The third kappa shape index (κ3) is 5.01. The minimum atomic E-state index is -0.408. The average molecular weight is 484 g/mol. The van der Waals surface area contributed by atoms with Crippen molar-refractivity contribution in [3.05, 3.63) is 77.1 Å². The third-order valence-corrected chi connectivity index (χ3v) is 7.11. The summed E-state index contributed by atoms with van der Waals surface area (Å²) in [6.07, 6.45) is 0. The lowest BCUT2D eigenvalue weighted by Crippen LogP contribution is -2.16. The van der Waals surface area contributed by atoms with Crippen molar-refractivity contribution in [1.82, 2.24) is 14.8 Å². The van der Waals surface area contributed by atoms with Gasteiger partial charge in [-0.2, -0.15) is 5.10 Å². The first kappa shape index (κ1) is 22.1. The molecule has 2 heterocycles. The van der Waals surface area contributed by atoms with Crippen LogP contribution in [0.3, 0.4) is 0 Å². The van der Waals surface area contributed by atoms with E-state index in [1.165, 1.54) is 23.1 Å². The van der Waals surface area contributed by atoms with Crippen LogP contribution in [-0.2, 0) is 4.79 Å². The van der Waals surface area contributed by atoms with Gasteiger partial charge in [-0.05, 0) is 37.3 Å². The number of primary amides is 1. The van der Waals surface area contributed by atoms with Crippen molar-refractivity contribution in [2.24, 2.45) is 5.73 Å². The quantitative estimate of drug-likeness (QED) is 0.368. The maximum absolute atomic E-state index is 13.2. The van der Waals surface area contributed by atoms with E-state index in [2.05, 4.69) is 15.4 Å². The van der Waals surface area contributed by atoms with Gasteiger partial charge in [-0.25, -0.2) is 9.67 Å². The average Bonchev–Trinajstić information content (AvgIpc) is 3.37. The SMILES string of the molecule is Cc1nc(NC(=O)c2cc(-c3ccc(Cl)cc3)nn2-c2ccccc2)sc1SCC(N)=O. The normalized spacial score (nSPS) is 10.8. The molecule has 0 spiro atoms. The van der Waals surface area contributed by atoms with Gasteiger partial charge in [0.1, 0.15) is 5.69 Å². The van der Waals surface area contributed by atoms with Crippen LogP contribution in [0.25, 0.3) is 16.9 Å². The van der Waals surface area contributed by atoms with Crippen molar-refractivity contribution in [2.45, 2.75) is 11.1 Å². The zero-order chi connectivity index (χ0) is 22.7. The molecule has 0 radical (unpaired) electrons. The molecule has 32 heavy (non-hydrogen) atoms. The molecule has 4 rings (SSSR count). The first-order valence-electron chi connectivity index (χ1n) is 9.52. The summed E-state index contributed by atoms with van der Waals surface area (Å²) >= 11 is 8.61. The van der Waals surface area contributed by atoms with Crippen LogP contribution in [0.4, 0.5) is 5.13 Å². The molecule has 0 bridgehead atoms. The molecule has 4 aromatic rings. The largest absolute Gasteiger partial charge is 0.369 e. The van der Waals surface area contributed by atoms with E-state index in [9.17, 15) is 9.59 Å². The number of aromatic nitrogens is 3. The molecule has 0 aliphatic rings. The standard InChI is InChI=1S/C22H18ClN5O2S2/c1-13-21(31-12-19(24)29)32-22(25-13)26-20(30)18-11-17(14-7-9-15(23)10-8-14)27-28(18)16-5-3-2-4-6-16/h2-11H,12H2,1H3,(H2,24,29)(H,25,26,30). The molecule has 3 N–H and O–H groups in total. The third-order valence-electron chi connectivity index (χ3n) is 4.40. The summed E-state index contributed by atoms with van der Waals surface area (Å²) in [7, 11) is 0. The molecular formula is C22H18ClN5O2S2. The molecule has 10 heteroatoms. The molecule has 2 amide bonds. The lowest BCUT2D eigenvalue weighted by molar-refractivity contribution is -0.115. The van der Waals surface area contributed by atoms with Crippen LogP contribution in [0.15, 0.2) is 64.9 Å². The van der Waals surface area contributed by atoms with Gasteiger partial charge in [-0.15, -0.1) is 11.8 Å². The van der Waals surface area contributed by atoms with Gasteiger partial charge in [0, 0.05) is 10.6 Å². The molecule has 162 valence electrons. The molecule has 0 fully saturated rings. The molecule has 2 aromatic heterocycles. The number of anilines is 1. The maximum atomic E-state index is 13.2. The number of hydrogen-bond donors (Lipinski definition) is 2. The Morgan fingerprint density at radius 1 is 1.16 bits per heavy atom. The van der Waals surface area contributed by atoms with E-state index in [0.717, 1.165) is 21.2 Å². The smallest absolute Gasteiger partial charge is 0.276 e. The maximum Gasteiger partial charge on any atom is 0.276 e. The minimum Gasteiger partial charge on any atom is -0.369 e. The van der Waals surface area contributed by atoms with E-state index in [-0.39, 0.29) is 11.7 Å². The monoisotopic (exact) mass is 483 g/mol. The van der Waals surface area contributed by atoms with E-state index < -0.39 is 5.91 Å². The summed E-state index contributed by atoms with van der Waals surface area (Å²) < 4.78 is 2.43. The van der Waals surface area contributed by atoms with Crippen LogP contribution < -0.4 is 11.1 Å². The fourth-order valence-corrected chi connectivity index (χ4v) is 4.94. The van der Waals surface area contributed by atoms with Crippen LogP contribution >= 0.6 is 34.7 Å². The zero-order valence-corrected chi connectivity index (χ0v) is 19.3. The van der Waals surface area contributed by atoms with Crippen molar-refractivity contribution >= 4 is 51.6 Å². The number of thioether (sulfide) groups is 1. The number of nitrogens with zero attached hydrogens (tertiary/aromatic N) is 3. The van der Waals surface area contributed by atoms with Gasteiger partial charge < -0.3 is 5.73 Å². The lowest BCUT2D eigenvalue weighted by atomic mass is 10.1. The van der Waals surface area contributed by atoms with Crippen molar-refractivity contribution in [1.29, 1.82) is 0 Å². The molecule has 0 unspecified atom stereocenters. The fraction of sp³-hybridized carbons (Fsp3) is 0.0909. The number of nitrogens with two attached hydrogens (primary N) is 1. The summed E-state index contributed by atoms with van der Waals surface area (Å²) in [6, 6.07) is 18.4. The first-order chi connectivity index (χ1) is 15.4. The van der Waals surface area contributed by atoms with Crippen LogP contribution in [-0.4, -0.2) is 32.3 Å². The number of benzene rings is 2. The van der Waals surface area contributed by atoms with E-state index >= 15 is 0 Å². The van der Waals surface area contributed by atoms with Crippen molar-refractivity contribution in [3.8, 4) is 16.9 Å². The second-order valence-electron chi connectivity index (χ2n) is 6.77. The van der Waals surface area contributed by atoms with Crippen LogP contribution in [0, 0.1) is 6.92 Å². The van der Waals surface area contributed by atoms with Gasteiger partial charge in [0.25, 0.3) is 5.91 Å². The number of carbonyl (C=O) groups excluding carboxylic acids is 2. The minimum absolute atomic E-state index is 0.154. The molecule has 0 aliphatic heterocycles. The number of aryl methyl sites for hydroxylation is 1. The molecule has 0 saturated heterocycles. The van der Waals surface area contributed by atoms with Crippen LogP contribution in [0.5, 0.6) is 0 Å². The fourth-order valence-electron chi connectivity index (χ4n) is 2.94. The second kappa shape index (κ2) is 9.56. The molecule has 0 saturated carbocycles. The second-order valence-corrected chi connectivity index (χ2v) is 9.45. The number of nitrogens with one attached hydrogen (secondary N) is 1. The van der Waals surface area contributed by atoms with Gasteiger partial charge in [-0.1, -0.05) is 53.3 Å². The van der Waals surface area contributed by atoms with E-state index in [0.29, 0.717) is 21.5 Å². The Bertz CT molecular complexity index is 1270. The lowest BCUT2D eigenvalue weighted by Gasteiger charge is -2.06. The molecule has 2 aromatic carbocycles. The molecule has 0 atom stereocenters. The number of amides is 2. The van der Waals surface area contributed by atoms with Gasteiger partial charge >= 0.3 is 0 Å². The number of thiazole rings is 1. The molecule has 7 nitrogen and oxygen atoms in total. The Balaban J connectivity index is 1.66. The Hall–Kier alpha value is -3.14. The first-order valence-corrected chi connectivity index (χ1v) is 11.7. The highest BCUT2D eigenvalue weighted by atomic mass is 35.5. The zero-order valence-electron chi connectivity index (χ0n) is 16.9. The number of hydrogen-bond acceptors (Lipinski definition) is 6. The summed E-state index contributed by atoms with van der Waals surface area (Å²) in [5.41, 5.74) is 8.55. The van der Waals surface area contributed by atoms with E-state index in [4.69, 9.17) is 17.3 Å². The highest BCUT2D eigenvalue weighted by Gasteiger charge is 2.20. The van der Waals surface area contributed by atoms with E-state index in [1.807, 2.05) is 49.4 Å². The van der Waals surface area contributed by atoms with Crippen molar-refractivity contribution in [2.75, 3.05) is 11.1 Å². The van der Waals surface area contributed by atoms with Crippen molar-refractivity contribution in [3.63, 3.8) is 0 Å². The predicted octanol–water partition coefficient (Wildman–Crippen LogP) is 4.79. The Labute approximate surface area is 197 Å². The van der Waals surface area contributed by atoms with Gasteiger partial charge in [0.2, 0.25) is 5.91 Å². The summed E-state index contributed by atoms with van der Waals surface area (Å²) in [5, 5.41) is 8.56. The highest BCUT2D eigenvalue weighted by molar-refractivity contribution is 8.01. The number of rotatable bonds is 7. The van der Waals surface area contributed by atoms with Gasteiger partial charge in [-0.3, -0.25) is 14.9 Å². The van der Waals surface area contributed by atoms with Crippen molar-refractivity contribution < 1.29 is 9.59 Å². The number of halogens is 1. The van der Waals surface area contributed by atoms with Gasteiger partial charge in [0.05, 0.1) is 27.0 Å². The number of para-hydroxylation sites is 1. The van der Waals surface area contributed by atoms with E-state index in [1.54, 1.807) is 22.9 Å². The summed E-state index contributed by atoms with van der Waals surface area (Å²) in [4.78, 5) is 28.6. The Morgan fingerprint density at radius 3 is 2.56 bits per heavy atom. The molecular weight excluding hydrogens is 466 g/mol. The Kier molecular flexibility index (Phi) is 6.59. The molecule has 0 aliphatic carbocycles. The number of carbonyl (C=O) groups is 2. The Morgan fingerprint density at radius 2 is 1.88 bits per heavy atom. The topological polar surface area (TPSA) is 103 Å². The summed E-state index contributed by atoms with van der Waals surface area (Å²) in [5.74, 6) is -0.599. The summed E-state index contributed by atoms with van der Waals surface area (Å²) in [6.45, 7) is 1.82. The van der Waals surface area contributed by atoms with Crippen LogP contribution in [0.2, 0.25) is 5.02 Å².